The maximum Gasteiger partial charge on any atom is 0.191 e. The molecule has 1 unspecified atom stereocenters. The molecule has 1 heterocycles. The number of guanidine groups is 1. The minimum atomic E-state index is -0.208. The third kappa shape index (κ3) is 9.19. The fourth-order valence-corrected chi connectivity index (χ4v) is 4.21. The SMILES string of the molecule is CN=C(NCCCOC1CCCCC1)NCC(c1ccc(F)cc1)N1CCOCC1.I. The van der Waals surface area contributed by atoms with Crippen molar-refractivity contribution in [1.29, 1.82) is 0 Å². The Morgan fingerprint density at radius 1 is 1.16 bits per heavy atom. The summed E-state index contributed by atoms with van der Waals surface area (Å²) in [7, 11) is 1.79. The summed E-state index contributed by atoms with van der Waals surface area (Å²) in [4.78, 5) is 6.73. The molecule has 2 aliphatic rings. The molecule has 0 radical (unpaired) electrons. The summed E-state index contributed by atoms with van der Waals surface area (Å²) in [5, 5.41) is 6.82. The van der Waals surface area contributed by atoms with E-state index in [0.29, 0.717) is 12.6 Å². The number of benzene rings is 1. The minimum Gasteiger partial charge on any atom is -0.379 e. The second-order valence-electron chi connectivity index (χ2n) is 8.08. The van der Waals surface area contributed by atoms with Crippen LogP contribution in [-0.2, 0) is 9.47 Å². The molecule has 0 bridgehead atoms. The molecule has 1 saturated carbocycles. The van der Waals surface area contributed by atoms with E-state index < -0.39 is 0 Å². The zero-order chi connectivity index (χ0) is 21.0. The Hall–Kier alpha value is -0.970. The van der Waals surface area contributed by atoms with Gasteiger partial charge in [-0.15, -0.1) is 24.0 Å². The summed E-state index contributed by atoms with van der Waals surface area (Å²) in [5.41, 5.74) is 1.10. The molecule has 3 rings (SSSR count). The van der Waals surface area contributed by atoms with Crippen molar-refractivity contribution in [2.75, 3.05) is 53.0 Å². The Kier molecular flexibility index (Phi) is 12.7. The molecule has 1 aliphatic heterocycles. The van der Waals surface area contributed by atoms with E-state index in [9.17, 15) is 4.39 Å². The number of hydrogen-bond acceptors (Lipinski definition) is 4. The van der Waals surface area contributed by atoms with Gasteiger partial charge in [-0.1, -0.05) is 31.4 Å². The quantitative estimate of drug-likeness (QED) is 0.213. The molecule has 1 aliphatic carbocycles. The number of hydrogen-bond donors (Lipinski definition) is 2. The van der Waals surface area contributed by atoms with Gasteiger partial charge in [0.1, 0.15) is 5.82 Å². The highest BCUT2D eigenvalue weighted by molar-refractivity contribution is 14.0. The predicted molar refractivity (Wildman–Crippen MR) is 134 cm³/mol. The number of ether oxygens (including phenoxy) is 2. The molecule has 1 saturated heterocycles. The van der Waals surface area contributed by atoms with Crippen LogP contribution < -0.4 is 10.6 Å². The monoisotopic (exact) mass is 548 g/mol. The second kappa shape index (κ2) is 15.0. The van der Waals surface area contributed by atoms with Crippen molar-refractivity contribution in [3.05, 3.63) is 35.6 Å². The van der Waals surface area contributed by atoms with Crippen molar-refractivity contribution in [1.82, 2.24) is 15.5 Å². The normalized spacial score (nSPS) is 19.5. The Morgan fingerprint density at radius 3 is 2.55 bits per heavy atom. The number of aliphatic imine (C=N–C) groups is 1. The molecule has 1 aromatic carbocycles. The highest BCUT2D eigenvalue weighted by Crippen LogP contribution is 2.22. The second-order valence-corrected chi connectivity index (χ2v) is 8.08. The third-order valence-corrected chi connectivity index (χ3v) is 5.95. The van der Waals surface area contributed by atoms with Crippen LogP contribution in [0.25, 0.3) is 0 Å². The first-order valence-corrected chi connectivity index (χ1v) is 11.4. The lowest BCUT2D eigenvalue weighted by Crippen LogP contribution is -2.46. The Morgan fingerprint density at radius 2 is 1.87 bits per heavy atom. The van der Waals surface area contributed by atoms with Gasteiger partial charge in [-0.25, -0.2) is 4.39 Å². The van der Waals surface area contributed by atoms with Gasteiger partial charge in [0.05, 0.1) is 25.4 Å². The topological polar surface area (TPSA) is 58.1 Å². The maximum atomic E-state index is 13.4. The van der Waals surface area contributed by atoms with E-state index in [0.717, 1.165) is 57.4 Å². The largest absolute Gasteiger partial charge is 0.379 e. The average molecular weight is 548 g/mol. The van der Waals surface area contributed by atoms with Gasteiger partial charge in [0.15, 0.2) is 5.96 Å². The zero-order valence-corrected chi connectivity index (χ0v) is 21.0. The Bertz CT molecular complexity index is 635. The highest BCUT2D eigenvalue weighted by Gasteiger charge is 2.23. The summed E-state index contributed by atoms with van der Waals surface area (Å²) in [6.07, 6.45) is 7.80. The molecule has 2 N–H and O–H groups in total. The summed E-state index contributed by atoms with van der Waals surface area (Å²) in [6, 6.07) is 6.94. The van der Waals surface area contributed by atoms with Crippen LogP contribution in [0, 0.1) is 5.82 Å². The van der Waals surface area contributed by atoms with Gasteiger partial charge in [0.25, 0.3) is 0 Å². The van der Waals surface area contributed by atoms with Crippen molar-refractivity contribution in [3.8, 4) is 0 Å². The lowest BCUT2D eigenvalue weighted by atomic mass is 9.98. The standard InChI is InChI=1S/C23H37FN4O2.HI/c1-25-23(26-12-5-15-30-21-6-3-2-4-7-21)27-18-22(28-13-16-29-17-14-28)19-8-10-20(24)11-9-19;/h8-11,21-22H,2-7,12-18H2,1H3,(H2,25,26,27);1H. The van der Waals surface area contributed by atoms with E-state index in [2.05, 4.69) is 20.5 Å². The number of morpholine rings is 1. The molecule has 0 spiro atoms. The van der Waals surface area contributed by atoms with Gasteiger partial charge < -0.3 is 20.1 Å². The van der Waals surface area contributed by atoms with Crippen LogP contribution >= 0.6 is 24.0 Å². The fourth-order valence-electron chi connectivity index (χ4n) is 4.21. The molecule has 31 heavy (non-hydrogen) atoms. The lowest BCUT2D eigenvalue weighted by molar-refractivity contribution is 0.0169. The third-order valence-electron chi connectivity index (χ3n) is 5.95. The van der Waals surface area contributed by atoms with E-state index in [4.69, 9.17) is 9.47 Å². The summed E-state index contributed by atoms with van der Waals surface area (Å²) < 4.78 is 24.9. The molecular formula is C23H38FIN4O2. The lowest BCUT2D eigenvalue weighted by Gasteiger charge is -2.35. The highest BCUT2D eigenvalue weighted by atomic mass is 127. The van der Waals surface area contributed by atoms with E-state index >= 15 is 0 Å². The smallest absolute Gasteiger partial charge is 0.191 e. The molecule has 1 aromatic rings. The van der Waals surface area contributed by atoms with Crippen molar-refractivity contribution in [3.63, 3.8) is 0 Å². The summed E-state index contributed by atoms with van der Waals surface area (Å²) >= 11 is 0. The first-order valence-electron chi connectivity index (χ1n) is 11.4. The zero-order valence-electron chi connectivity index (χ0n) is 18.7. The predicted octanol–water partition coefficient (Wildman–Crippen LogP) is 3.72. The molecule has 8 heteroatoms. The van der Waals surface area contributed by atoms with Crippen LogP contribution in [-0.4, -0.2) is 70.0 Å². The maximum absolute atomic E-state index is 13.4. The van der Waals surface area contributed by atoms with Crippen LogP contribution in [0.3, 0.4) is 0 Å². The van der Waals surface area contributed by atoms with Gasteiger partial charge in [-0.3, -0.25) is 9.89 Å². The number of nitrogens with one attached hydrogen (secondary N) is 2. The summed E-state index contributed by atoms with van der Waals surface area (Å²) in [6.45, 7) is 5.51. The van der Waals surface area contributed by atoms with Gasteiger partial charge in [-0.05, 0) is 37.0 Å². The van der Waals surface area contributed by atoms with Crippen LogP contribution in [0.4, 0.5) is 4.39 Å². The van der Waals surface area contributed by atoms with Gasteiger partial charge in [0, 0.05) is 39.8 Å². The van der Waals surface area contributed by atoms with E-state index in [1.54, 1.807) is 7.05 Å². The first-order chi connectivity index (χ1) is 14.8. The van der Waals surface area contributed by atoms with E-state index in [-0.39, 0.29) is 35.8 Å². The van der Waals surface area contributed by atoms with Crippen LogP contribution in [0.5, 0.6) is 0 Å². The average Bonchev–Trinajstić information content (AvgIpc) is 2.80. The molecule has 2 fully saturated rings. The summed E-state index contributed by atoms with van der Waals surface area (Å²) in [5.74, 6) is 0.577. The van der Waals surface area contributed by atoms with Crippen LogP contribution in [0.15, 0.2) is 29.3 Å². The van der Waals surface area contributed by atoms with Crippen molar-refractivity contribution in [2.24, 2.45) is 4.99 Å². The van der Waals surface area contributed by atoms with Crippen molar-refractivity contribution < 1.29 is 13.9 Å². The Balaban J connectivity index is 0.00000341. The molecule has 1 atom stereocenters. The molecule has 6 nitrogen and oxygen atoms in total. The van der Waals surface area contributed by atoms with Crippen molar-refractivity contribution in [2.45, 2.75) is 50.7 Å². The molecular weight excluding hydrogens is 510 g/mol. The molecule has 0 aromatic heterocycles. The van der Waals surface area contributed by atoms with Crippen molar-refractivity contribution >= 4 is 29.9 Å². The number of nitrogens with zero attached hydrogens (tertiary/aromatic N) is 2. The number of rotatable bonds is 9. The molecule has 0 amide bonds. The molecule has 176 valence electrons. The van der Waals surface area contributed by atoms with Gasteiger partial charge in [0.2, 0.25) is 0 Å². The van der Waals surface area contributed by atoms with Crippen LogP contribution in [0.1, 0.15) is 50.1 Å². The minimum absolute atomic E-state index is 0. The van der Waals surface area contributed by atoms with E-state index in [1.807, 2.05) is 12.1 Å². The number of halogens is 2. The first kappa shape index (κ1) is 26.3. The van der Waals surface area contributed by atoms with Gasteiger partial charge >= 0.3 is 0 Å². The van der Waals surface area contributed by atoms with Crippen LogP contribution in [0.2, 0.25) is 0 Å². The fraction of sp³-hybridized carbons (Fsp3) is 0.696. The Labute approximate surface area is 203 Å². The van der Waals surface area contributed by atoms with Gasteiger partial charge in [-0.2, -0.15) is 0 Å². The van der Waals surface area contributed by atoms with E-state index in [1.165, 1.54) is 44.2 Å².